The summed E-state index contributed by atoms with van der Waals surface area (Å²) in [4.78, 5) is 51.9. The summed E-state index contributed by atoms with van der Waals surface area (Å²) >= 11 is 1.23. The molecule has 8 nitrogen and oxygen atoms in total. The minimum atomic E-state index is -0.748. The van der Waals surface area contributed by atoms with E-state index in [2.05, 4.69) is 0 Å². The number of nitrogens with zero attached hydrogens (tertiary/aromatic N) is 2. The molecule has 140 valence electrons. The molecule has 1 aromatic heterocycles. The first-order valence-corrected chi connectivity index (χ1v) is 9.39. The summed E-state index contributed by atoms with van der Waals surface area (Å²) in [6.45, 7) is 2.61. The van der Waals surface area contributed by atoms with Crippen molar-refractivity contribution in [2.75, 3.05) is 26.3 Å². The molecule has 2 aliphatic rings. The number of cyclic esters (lactones) is 1. The Balaban J connectivity index is 1.60. The Bertz CT molecular complexity index is 696. The zero-order valence-corrected chi connectivity index (χ0v) is 15.2. The van der Waals surface area contributed by atoms with E-state index in [0.29, 0.717) is 30.8 Å². The number of carbonyl (C=O) groups is 4. The van der Waals surface area contributed by atoms with Crippen molar-refractivity contribution in [1.82, 2.24) is 9.80 Å². The van der Waals surface area contributed by atoms with Crippen molar-refractivity contribution >= 4 is 35.1 Å². The van der Waals surface area contributed by atoms with Gasteiger partial charge in [-0.1, -0.05) is 6.07 Å². The van der Waals surface area contributed by atoms with Gasteiger partial charge in [-0.05, 0) is 31.2 Å². The van der Waals surface area contributed by atoms with Crippen LogP contribution in [0.4, 0.5) is 4.79 Å². The van der Waals surface area contributed by atoms with Gasteiger partial charge in [-0.3, -0.25) is 14.5 Å². The number of piperidine rings is 1. The first kappa shape index (κ1) is 18.4. The largest absolute Gasteiger partial charge is 0.464 e. The van der Waals surface area contributed by atoms with Gasteiger partial charge in [0.25, 0.3) is 11.7 Å². The van der Waals surface area contributed by atoms with Crippen LogP contribution in [0.25, 0.3) is 0 Å². The molecule has 0 aliphatic carbocycles. The van der Waals surface area contributed by atoms with E-state index < -0.39 is 29.8 Å². The molecule has 0 spiro atoms. The van der Waals surface area contributed by atoms with Gasteiger partial charge in [0.2, 0.25) is 0 Å². The minimum Gasteiger partial charge on any atom is -0.464 e. The first-order chi connectivity index (χ1) is 12.5. The van der Waals surface area contributed by atoms with Crippen molar-refractivity contribution in [2.24, 2.45) is 0 Å². The van der Waals surface area contributed by atoms with Crippen LogP contribution in [0.2, 0.25) is 0 Å². The molecule has 0 radical (unpaired) electrons. The van der Waals surface area contributed by atoms with Crippen molar-refractivity contribution in [1.29, 1.82) is 0 Å². The molecule has 0 saturated carbocycles. The molecule has 2 saturated heterocycles. The molecule has 0 N–H and O–H groups in total. The monoisotopic (exact) mass is 380 g/mol. The Morgan fingerprint density at radius 2 is 2.04 bits per heavy atom. The fraction of sp³-hybridized carbons (Fsp3) is 0.529. The van der Waals surface area contributed by atoms with E-state index >= 15 is 0 Å². The van der Waals surface area contributed by atoms with Crippen LogP contribution in [0.15, 0.2) is 17.5 Å². The maximum absolute atomic E-state index is 12.4. The van der Waals surface area contributed by atoms with Crippen LogP contribution in [-0.2, 0) is 19.1 Å². The highest BCUT2D eigenvalue weighted by Gasteiger charge is 2.44. The van der Waals surface area contributed by atoms with Crippen molar-refractivity contribution in [3.8, 4) is 0 Å². The molecule has 26 heavy (non-hydrogen) atoms. The molecule has 2 amide bonds. The molecule has 2 fully saturated rings. The lowest BCUT2D eigenvalue weighted by Crippen LogP contribution is -2.52. The highest BCUT2D eigenvalue weighted by molar-refractivity contribution is 7.13. The summed E-state index contributed by atoms with van der Waals surface area (Å²) in [5.74, 6) is -1.52. The van der Waals surface area contributed by atoms with E-state index in [0.717, 1.165) is 0 Å². The third-order valence-corrected chi connectivity index (χ3v) is 5.42. The van der Waals surface area contributed by atoms with E-state index in [9.17, 15) is 19.2 Å². The molecule has 0 aromatic carbocycles. The lowest BCUT2D eigenvalue weighted by molar-refractivity contribution is -0.148. The average molecular weight is 380 g/mol. The molecule has 3 heterocycles. The Hall–Kier alpha value is -2.42. The number of likely N-dealkylation sites (tertiary alicyclic amines) is 1. The third-order valence-electron chi connectivity index (χ3n) is 4.55. The topological polar surface area (TPSA) is 93.2 Å². The summed E-state index contributed by atoms with van der Waals surface area (Å²) in [6.07, 6.45) is 0.422. The highest BCUT2D eigenvalue weighted by atomic mass is 32.1. The van der Waals surface area contributed by atoms with Gasteiger partial charge in [0.1, 0.15) is 6.61 Å². The molecule has 0 bridgehead atoms. The smallest absolute Gasteiger partial charge is 0.410 e. The minimum absolute atomic E-state index is 0.0202. The van der Waals surface area contributed by atoms with Gasteiger partial charge in [0, 0.05) is 19.1 Å². The Morgan fingerprint density at radius 3 is 2.65 bits per heavy atom. The van der Waals surface area contributed by atoms with Gasteiger partial charge in [-0.25, -0.2) is 9.59 Å². The summed E-state index contributed by atoms with van der Waals surface area (Å²) < 4.78 is 10.0. The fourth-order valence-corrected chi connectivity index (χ4v) is 3.92. The maximum Gasteiger partial charge on any atom is 0.410 e. The lowest BCUT2D eigenvalue weighted by atomic mass is 10.0. The molecule has 9 heteroatoms. The number of hydrogen-bond acceptors (Lipinski definition) is 7. The van der Waals surface area contributed by atoms with E-state index in [1.165, 1.54) is 21.1 Å². The van der Waals surface area contributed by atoms with Crippen molar-refractivity contribution in [2.45, 2.75) is 31.8 Å². The highest BCUT2D eigenvalue weighted by Crippen LogP contribution is 2.25. The Labute approximate surface area is 154 Å². The van der Waals surface area contributed by atoms with Crippen LogP contribution in [0.1, 0.15) is 29.4 Å². The Kier molecular flexibility index (Phi) is 5.55. The number of carbonyl (C=O) groups excluding carboxylic acids is 4. The normalized spacial score (nSPS) is 20.8. The second kappa shape index (κ2) is 7.86. The predicted octanol–water partition coefficient (Wildman–Crippen LogP) is 1.31. The van der Waals surface area contributed by atoms with Gasteiger partial charge in [0.05, 0.1) is 11.5 Å². The van der Waals surface area contributed by atoms with Crippen LogP contribution in [0, 0.1) is 0 Å². The van der Waals surface area contributed by atoms with Crippen LogP contribution < -0.4 is 0 Å². The second-order valence-electron chi connectivity index (χ2n) is 6.08. The lowest BCUT2D eigenvalue weighted by Gasteiger charge is -2.36. The molecular weight excluding hydrogens is 360 g/mol. The van der Waals surface area contributed by atoms with Crippen LogP contribution in [0.3, 0.4) is 0 Å². The number of rotatable bonds is 5. The average Bonchev–Trinajstić information content (AvgIpc) is 3.31. The molecule has 2 aliphatic heterocycles. The number of Topliss-reactive ketones (excluding diaryl/α,β-unsaturated/α-hetero) is 1. The number of hydrogen-bond donors (Lipinski definition) is 0. The van der Waals surface area contributed by atoms with Gasteiger partial charge >= 0.3 is 12.1 Å². The standard InChI is InChI=1S/C17H20N2O6S/c1-2-24-16(22)12-10-25-17(23)19(12)11-5-7-18(8-6-11)15(21)14(20)13-4-3-9-26-13/h3-4,9,11-12H,2,5-8,10H2,1H3. The number of esters is 1. The van der Waals surface area contributed by atoms with E-state index in [1.54, 1.807) is 24.4 Å². The van der Waals surface area contributed by atoms with Gasteiger partial charge in [0.15, 0.2) is 6.04 Å². The van der Waals surface area contributed by atoms with Crippen LogP contribution in [-0.4, -0.2) is 71.9 Å². The second-order valence-corrected chi connectivity index (χ2v) is 7.03. The van der Waals surface area contributed by atoms with Gasteiger partial charge in [-0.15, -0.1) is 11.3 Å². The van der Waals surface area contributed by atoms with Gasteiger partial charge < -0.3 is 14.4 Å². The first-order valence-electron chi connectivity index (χ1n) is 8.51. The summed E-state index contributed by atoms with van der Waals surface area (Å²) in [7, 11) is 0. The molecule has 1 atom stereocenters. The molecule has 1 unspecified atom stereocenters. The number of ketones is 1. The van der Waals surface area contributed by atoms with Crippen molar-refractivity contribution < 1.29 is 28.7 Å². The van der Waals surface area contributed by atoms with Crippen molar-refractivity contribution in [3.63, 3.8) is 0 Å². The summed E-state index contributed by atoms with van der Waals surface area (Å²) in [6, 6.07) is 2.39. The third kappa shape index (κ3) is 3.57. The number of ether oxygens (including phenoxy) is 2. The molecule has 3 rings (SSSR count). The predicted molar refractivity (Wildman–Crippen MR) is 91.9 cm³/mol. The van der Waals surface area contributed by atoms with E-state index in [4.69, 9.17) is 9.47 Å². The van der Waals surface area contributed by atoms with E-state index in [-0.39, 0.29) is 19.3 Å². The summed E-state index contributed by atoms with van der Waals surface area (Å²) in [5, 5.41) is 1.75. The number of thiophene rings is 1. The van der Waals surface area contributed by atoms with Crippen molar-refractivity contribution in [3.05, 3.63) is 22.4 Å². The van der Waals surface area contributed by atoms with E-state index in [1.807, 2.05) is 0 Å². The summed E-state index contributed by atoms with van der Waals surface area (Å²) in [5.41, 5.74) is 0. The zero-order chi connectivity index (χ0) is 18.7. The van der Waals surface area contributed by atoms with Crippen LogP contribution in [0.5, 0.6) is 0 Å². The quantitative estimate of drug-likeness (QED) is 0.434. The van der Waals surface area contributed by atoms with Crippen LogP contribution >= 0.6 is 11.3 Å². The fourth-order valence-electron chi connectivity index (χ4n) is 3.26. The Morgan fingerprint density at radius 1 is 1.31 bits per heavy atom. The maximum atomic E-state index is 12.4. The molecular formula is C17H20N2O6S. The zero-order valence-electron chi connectivity index (χ0n) is 14.4. The SMILES string of the molecule is CCOC(=O)C1COC(=O)N1C1CCN(C(=O)C(=O)c2cccs2)CC1. The van der Waals surface area contributed by atoms with Gasteiger partial charge in [-0.2, -0.15) is 0 Å². The number of amides is 2. The molecule has 1 aromatic rings.